The van der Waals surface area contributed by atoms with Gasteiger partial charge in [0.2, 0.25) is 0 Å². The lowest BCUT2D eigenvalue weighted by Crippen LogP contribution is -2.39. The first-order valence-corrected chi connectivity index (χ1v) is 8.64. The van der Waals surface area contributed by atoms with Gasteiger partial charge in [0.25, 0.3) is 5.91 Å². The van der Waals surface area contributed by atoms with Gasteiger partial charge < -0.3 is 14.8 Å². The minimum Gasteiger partial charge on any atom is -0.450 e. The first kappa shape index (κ1) is 20.9. The maximum Gasteiger partial charge on any atom is 0.335 e. The largest absolute Gasteiger partial charge is 0.450 e. The topological polar surface area (TPSA) is 64.6 Å². The van der Waals surface area contributed by atoms with Gasteiger partial charge in [-0.25, -0.2) is 4.79 Å². The standard InChI is InChI=1S/C20H29NO4/c1-7-12-24-15(6)20(23)25-18(13(3)4)19(22)21-17-14(5)10-9-11-16(17)8-2/h7,9-11,13,15,18H,1,8,12H2,2-6H3,(H,21,22). The van der Waals surface area contributed by atoms with E-state index in [2.05, 4.69) is 11.9 Å². The van der Waals surface area contributed by atoms with Crippen LogP contribution in [0.2, 0.25) is 0 Å². The van der Waals surface area contributed by atoms with E-state index in [1.165, 1.54) is 0 Å². The zero-order chi connectivity index (χ0) is 19.0. The summed E-state index contributed by atoms with van der Waals surface area (Å²) < 4.78 is 10.7. The highest BCUT2D eigenvalue weighted by atomic mass is 16.6. The molecule has 0 aliphatic rings. The Morgan fingerprint density at radius 1 is 1.28 bits per heavy atom. The molecule has 5 nitrogen and oxygen atoms in total. The van der Waals surface area contributed by atoms with Crippen LogP contribution in [0.3, 0.4) is 0 Å². The van der Waals surface area contributed by atoms with Crippen LogP contribution >= 0.6 is 0 Å². The fourth-order valence-corrected chi connectivity index (χ4v) is 2.39. The number of aryl methyl sites for hydroxylation is 2. The Morgan fingerprint density at radius 2 is 1.96 bits per heavy atom. The molecule has 0 aromatic heterocycles. The molecule has 25 heavy (non-hydrogen) atoms. The fraction of sp³-hybridized carbons (Fsp3) is 0.500. The van der Waals surface area contributed by atoms with Gasteiger partial charge in [-0.1, -0.05) is 45.0 Å². The fourth-order valence-electron chi connectivity index (χ4n) is 2.39. The minimum atomic E-state index is -0.883. The first-order chi connectivity index (χ1) is 11.8. The summed E-state index contributed by atoms with van der Waals surface area (Å²) in [6, 6.07) is 5.88. The molecule has 0 spiro atoms. The Labute approximate surface area is 150 Å². The van der Waals surface area contributed by atoms with Gasteiger partial charge in [-0.2, -0.15) is 0 Å². The van der Waals surface area contributed by atoms with E-state index in [4.69, 9.17) is 9.47 Å². The molecular formula is C20H29NO4. The molecule has 0 saturated heterocycles. The third kappa shape index (κ3) is 6.02. The molecule has 2 atom stereocenters. The van der Waals surface area contributed by atoms with Crippen LogP contribution in [0.25, 0.3) is 0 Å². The highest BCUT2D eigenvalue weighted by Crippen LogP contribution is 2.22. The zero-order valence-electron chi connectivity index (χ0n) is 15.8. The number of carbonyl (C=O) groups excluding carboxylic acids is 2. The summed E-state index contributed by atoms with van der Waals surface area (Å²) in [5.41, 5.74) is 2.81. The number of para-hydroxylation sites is 1. The third-order valence-corrected chi connectivity index (χ3v) is 3.89. The molecule has 0 aliphatic heterocycles. The molecule has 1 N–H and O–H groups in total. The number of rotatable bonds is 9. The van der Waals surface area contributed by atoms with Crippen molar-refractivity contribution in [2.45, 2.75) is 53.2 Å². The Morgan fingerprint density at radius 3 is 2.52 bits per heavy atom. The highest BCUT2D eigenvalue weighted by Gasteiger charge is 2.29. The first-order valence-electron chi connectivity index (χ1n) is 8.64. The highest BCUT2D eigenvalue weighted by molar-refractivity contribution is 5.97. The summed E-state index contributed by atoms with van der Waals surface area (Å²) in [4.78, 5) is 24.9. The molecule has 0 aliphatic carbocycles. The van der Waals surface area contributed by atoms with Gasteiger partial charge in [0.1, 0.15) is 0 Å². The lowest BCUT2D eigenvalue weighted by molar-refractivity contribution is -0.166. The van der Waals surface area contributed by atoms with Crippen molar-refractivity contribution < 1.29 is 19.1 Å². The number of ether oxygens (including phenoxy) is 2. The second-order valence-corrected chi connectivity index (χ2v) is 6.32. The number of hydrogen-bond acceptors (Lipinski definition) is 4. The molecular weight excluding hydrogens is 318 g/mol. The maximum atomic E-state index is 12.7. The normalized spacial score (nSPS) is 13.2. The third-order valence-electron chi connectivity index (χ3n) is 3.89. The number of amides is 1. The molecule has 5 heteroatoms. The summed E-state index contributed by atoms with van der Waals surface area (Å²) in [6.45, 7) is 13.0. The van der Waals surface area contributed by atoms with Crippen LogP contribution in [-0.2, 0) is 25.5 Å². The van der Waals surface area contributed by atoms with Crippen molar-refractivity contribution in [3.05, 3.63) is 42.0 Å². The number of hydrogen-bond donors (Lipinski definition) is 1. The maximum absolute atomic E-state index is 12.7. The summed E-state index contributed by atoms with van der Waals surface area (Å²) in [5.74, 6) is -1.05. The van der Waals surface area contributed by atoms with Crippen LogP contribution in [0.1, 0.15) is 38.8 Å². The van der Waals surface area contributed by atoms with Gasteiger partial charge in [0.15, 0.2) is 12.2 Å². The van der Waals surface area contributed by atoms with E-state index in [1.807, 2.05) is 45.9 Å². The van der Waals surface area contributed by atoms with E-state index in [9.17, 15) is 9.59 Å². The van der Waals surface area contributed by atoms with Crippen LogP contribution in [0, 0.1) is 12.8 Å². The summed E-state index contributed by atoms with van der Waals surface area (Å²) >= 11 is 0. The molecule has 0 saturated carbocycles. The SMILES string of the molecule is C=CCOC(C)C(=O)OC(C(=O)Nc1c(C)cccc1CC)C(C)C. The van der Waals surface area contributed by atoms with E-state index < -0.39 is 18.2 Å². The van der Waals surface area contributed by atoms with Crippen LogP contribution in [0.15, 0.2) is 30.9 Å². The van der Waals surface area contributed by atoms with E-state index >= 15 is 0 Å². The van der Waals surface area contributed by atoms with E-state index in [0.717, 1.165) is 23.2 Å². The predicted octanol–water partition coefficient (Wildman–Crippen LogP) is 3.65. The predicted molar refractivity (Wildman–Crippen MR) is 99.5 cm³/mol. The summed E-state index contributed by atoms with van der Waals surface area (Å²) in [6.07, 6.45) is 0.722. The Bertz CT molecular complexity index is 610. The van der Waals surface area contributed by atoms with Crippen LogP contribution in [0.5, 0.6) is 0 Å². The number of anilines is 1. The van der Waals surface area contributed by atoms with E-state index in [1.54, 1.807) is 13.0 Å². The van der Waals surface area contributed by atoms with Crippen LogP contribution in [-0.4, -0.2) is 30.7 Å². The Kier molecular flexibility index (Phi) is 8.35. The molecule has 0 heterocycles. The van der Waals surface area contributed by atoms with Crippen LogP contribution < -0.4 is 5.32 Å². The molecule has 1 rings (SSSR count). The number of carbonyl (C=O) groups is 2. The number of benzene rings is 1. The average molecular weight is 347 g/mol. The van der Waals surface area contributed by atoms with Crippen molar-refractivity contribution in [1.82, 2.24) is 0 Å². The lowest BCUT2D eigenvalue weighted by atomic mass is 10.0. The number of nitrogens with one attached hydrogen (secondary N) is 1. The van der Waals surface area contributed by atoms with Gasteiger partial charge in [0, 0.05) is 5.69 Å². The smallest absolute Gasteiger partial charge is 0.335 e. The quantitative estimate of drug-likeness (QED) is 0.547. The second-order valence-electron chi connectivity index (χ2n) is 6.32. The molecule has 0 bridgehead atoms. The Hall–Kier alpha value is -2.14. The molecule has 0 radical (unpaired) electrons. The summed E-state index contributed by atoms with van der Waals surface area (Å²) in [5, 5.41) is 2.93. The molecule has 138 valence electrons. The zero-order valence-corrected chi connectivity index (χ0v) is 15.8. The van der Waals surface area contributed by atoms with Gasteiger partial charge in [-0.15, -0.1) is 6.58 Å². The second kappa shape index (κ2) is 9.99. The molecule has 1 aromatic rings. The average Bonchev–Trinajstić information content (AvgIpc) is 2.58. The van der Waals surface area contributed by atoms with Gasteiger partial charge in [-0.3, -0.25) is 4.79 Å². The van der Waals surface area contributed by atoms with E-state index in [-0.39, 0.29) is 18.4 Å². The molecule has 1 aromatic carbocycles. The lowest BCUT2D eigenvalue weighted by Gasteiger charge is -2.23. The molecule has 1 amide bonds. The van der Waals surface area contributed by atoms with Crippen molar-refractivity contribution in [1.29, 1.82) is 0 Å². The van der Waals surface area contributed by atoms with Gasteiger partial charge >= 0.3 is 5.97 Å². The van der Waals surface area contributed by atoms with Crippen molar-refractivity contribution in [3.63, 3.8) is 0 Å². The van der Waals surface area contributed by atoms with Gasteiger partial charge in [0.05, 0.1) is 6.61 Å². The van der Waals surface area contributed by atoms with Crippen LogP contribution in [0.4, 0.5) is 5.69 Å². The van der Waals surface area contributed by atoms with Gasteiger partial charge in [-0.05, 0) is 37.3 Å². The number of esters is 1. The molecule has 0 fully saturated rings. The van der Waals surface area contributed by atoms with E-state index in [0.29, 0.717) is 0 Å². The van der Waals surface area contributed by atoms with Crippen molar-refractivity contribution in [2.24, 2.45) is 5.92 Å². The van der Waals surface area contributed by atoms with Crippen molar-refractivity contribution >= 4 is 17.6 Å². The van der Waals surface area contributed by atoms with Crippen molar-refractivity contribution in [3.8, 4) is 0 Å². The Balaban J connectivity index is 2.88. The molecule has 2 unspecified atom stereocenters. The summed E-state index contributed by atoms with van der Waals surface area (Å²) in [7, 11) is 0. The minimum absolute atomic E-state index is 0.162. The monoisotopic (exact) mass is 347 g/mol. The van der Waals surface area contributed by atoms with Crippen molar-refractivity contribution in [2.75, 3.05) is 11.9 Å².